The van der Waals surface area contributed by atoms with E-state index in [1.54, 1.807) is 54.6 Å². The van der Waals surface area contributed by atoms with Gasteiger partial charge in [-0.15, -0.1) is 0 Å². The zero-order valence-electron chi connectivity index (χ0n) is 13.4. The molecule has 2 rings (SSSR count). The maximum absolute atomic E-state index is 11.9. The first-order chi connectivity index (χ1) is 12.1. The van der Waals surface area contributed by atoms with Gasteiger partial charge < -0.3 is 16.0 Å². The second kappa shape index (κ2) is 9.44. The number of nitrogens with one attached hydrogen (secondary N) is 3. The average Bonchev–Trinajstić information content (AvgIpc) is 2.63. The molecule has 0 fully saturated rings. The number of amides is 3. The van der Waals surface area contributed by atoms with Crippen LogP contribution in [0.15, 0.2) is 54.6 Å². The van der Waals surface area contributed by atoms with Gasteiger partial charge in [-0.1, -0.05) is 35.9 Å². The molecule has 25 heavy (non-hydrogen) atoms. The molecule has 0 aromatic heterocycles. The Labute approximate surface area is 150 Å². The molecule has 2 aromatic rings. The third-order valence-corrected chi connectivity index (χ3v) is 3.50. The molecule has 0 spiro atoms. The molecule has 2 aromatic carbocycles. The van der Waals surface area contributed by atoms with Gasteiger partial charge in [-0.05, 0) is 30.3 Å². The van der Waals surface area contributed by atoms with Gasteiger partial charge in [-0.2, -0.15) is 0 Å². The Morgan fingerprint density at radius 2 is 1.40 bits per heavy atom. The standard InChI is InChI=1S/C18H18ClN3O3/c19-15-8-4-7-14(11-15)18(25)21-10-9-20-16(23)12-22-17(24)13-5-2-1-3-6-13/h1-8,11H,9-10,12H2,(H,20,23)(H,21,25)(H,22,24). The molecule has 0 saturated heterocycles. The molecule has 0 aliphatic heterocycles. The maximum atomic E-state index is 11.9. The monoisotopic (exact) mass is 359 g/mol. The molecule has 6 nitrogen and oxygen atoms in total. The van der Waals surface area contributed by atoms with E-state index in [-0.39, 0.29) is 37.4 Å². The van der Waals surface area contributed by atoms with Gasteiger partial charge in [0.15, 0.2) is 0 Å². The molecular weight excluding hydrogens is 342 g/mol. The lowest BCUT2D eigenvalue weighted by molar-refractivity contribution is -0.120. The molecule has 0 unspecified atom stereocenters. The van der Waals surface area contributed by atoms with Gasteiger partial charge in [-0.3, -0.25) is 14.4 Å². The number of hydrogen-bond donors (Lipinski definition) is 3. The van der Waals surface area contributed by atoms with E-state index in [4.69, 9.17) is 11.6 Å². The summed E-state index contributed by atoms with van der Waals surface area (Å²) in [5.74, 6) is -0.916. The fourth-order valence-electron chi connectivity index (χ4n) is 2.02. The number of halogens is 1. The molecule has 7 heteroatoms. The Morgan fingerprint density at radius 3 is 2.12 bits per heavy atom. The Balaban J connectivity index is 1.64. The van der Waals surface area contributed by atoms with E-state index in [0.717, 1.165) is 0 Å². The van der Waals surface area contributed by atoms with Crippen LogP contribution < -0.4 is 16.0 Å². The Morgan fingerprint density at radius 1 is 0.760 bits per heavy atom. The lowest BCUT2D eigenvalue weighted by Gasteiger charge is -2.08. The zero-order valence-corrected chi connectivity index (χ0v) is 14.2. The first-order valence-electron chi connectivity index (χ1n) is 7.70. The summed E-state index contributed by atoms with van der Waals surface area (Å²) in [4.78, 5) is 35.4. The summed E-state index contributed by atoms with van der Waals surface area (Å²) in [5.41, 5.74) is 0.943. The van der Waals surface area contributed by atoms with Crippen molar-refractivity contribution in [3.63, 3.8) is 0 Å². The van der Waals surface area contributed by atoms with Crippen LogP contribution in [0.5, 0.6) is 0 Å². The van der Waals surface area contributed by atoms with E-state index in [2.05, 4.69) is 16.0 Å². The lowest BCUT2D eigenvalue weighted by Crippen LogP contribution is -2.40. The van der Waals surface area contributed by atoms with Crippen molar-refractivity contribution >= 4 is 29.3 Å². The van der Waals surface area contributed by atoms with Crippen molar-refractivity contribution < 1.29 is 14.4 Å². The van der Waals surface area contributed by atoms with Gasteiger partial charge in [0.2, 0.25) is 5.91 Å². The predicted molar refractivity (Wildman–Crippen MR) is 95.6 cm³/mol. The van der Waals surface area contributed by atoms with Crippen molar-refractivity contribution in [1.29, 1.82) is 0 Å². The van der Waals surface area contributed by atoms with Crippen LogP contribution in [0, 0.1) is 0 Å². The zero-order chi connectivity index (χ0) is 18.1. The second-order valence-electron chi connectivity index (χ2n) is 5.16. The average molecular weight is 360 g/mol. The number of carbonyl (C=O) groups is 3. The van der Waals surface area contributed by atoms with Crippen LogP contribution in [0.4, 0.5) is 0 Å². The van der Waals surface area contributed by atoms with E-state index < -0.39 is 0 Å². The van der Waals surface area contributed by atoms with E-state index in [1.165, 1.54) is 0 Å². The van der Waals surface area contributed by atoms with Crippen molar-refractivity contribution in [3.05, 3.63) is 70.7 Å². The van der Waals surface area contributed by atoms with Crippen molar-refractivity contribution in [2.45, 2.75) is 0 Å². The van der Waals surface area contributed by atoms with Crippen molar-refractivity contribution in [2.24, 2.45) is 0 Å². The van der Waals surface area contributed by atoms with Gasteiger partial charge >= 0.3 is 0 Å². The minimum Gasteiger partial charge on any atom is -0.353 e. The van der Waals surface area contributed by atoms with Crippen LogP contribution in [0.1, 0.15) is 20.7 Å². The van der Waals surface area contributed by atoms with Gasteiger partial charge in [0.05, 0.1) is 6.54 Å². The van der Waals surface area contributed by atoms with Crippen molar-refractivity contribution in [3.8, 4) is 0 Å². The van der Waals surface area contributed by atoms with Crippen LogP contribution >= 0.6 is 11.6 Å². The summed E-state index contributed by atoms with van der Waals surface area (Å²) in [6, 6.07) is 15.2. The summed E-state index contributed by atoms with van der Waals surface area (Å²) in [6.45, 7) is 0.395. The van der Waals surface area contributed by atoms with Crippen LogP contribution in [0.25, 0.3) is 0 Å². The molecule has 130 valence electrons. The summed E-state index contributed by atoms with van der Waals surface area (Å²) < 4.78 is 0. The van der Waals surface area contributed by atoms with E-state index in [1.807, 2.05) is 0 Å². The topological polar surface area (TPSA) is 87.3 Å². The molecule has 0 bridgehead atoms. The summed E-state index contributed by atoms with van der Waals surface area (Å²) in [6.07, 6.45) is 0. The maximum Gasteiger partial charge on any atom is 0.251 e. The third-order valence-electron chi connectivity index (χ3n) is 3.27. The summed E-state index contributed by atoms with van der Waals surface area (Å²) >= 11 is 5.82. The van der Waals surface area contributed by atoms with Gasteiger partial charge in [0, 0.05) is 29.2 Å². The molecule has 0 radical (unpaired) electrons. The largest absolute Gasteiger partial charge is 0.353 e. The highest BCUT2D eigenvalue weighted by Crippen LogP contribution is 2.10. The Bertz CT molecular complexity index is 750. The van der Waals surface area contributed by atoms with E-state index in [9.17, 15) is 14.4 Å². The lowest BCUT2D eigenvalue weighted by atomic mass is 10.2. The van der Waals surface area contributed by atoms with Gasteiger partial charge in [0.25, 0.3) is 11.8 Å². The predicted octanol–water partition coefficient (Wildman–Crippen LogP) is 1.62. The quantitative estimate of drug-likeness (QED) is 0.656. The number of carbonyl (C=O) groups excluding carboxylic acids is 3. The molecule has 3 amide bonds. The first-order valence-corrected chi connectivity index (χ1v) is 8.08. The summed E-state index contributed by atoms with van der Waals surface area (Å²) in [5, 5.41) is 8.29. The molecule has 0 aliphatic rings. The highest BCUT2D eigenvalue weighted by Gasteiger charge is 2.08. The number of rotatable bonds is 7. The highest BCUT2D eigenvalue weighted by molar-refractivity contribution is 6.30. The SMILES string of the molecule is O=C(CNC(=O)c1ccccc1)NCCNC(=O)c1cccc(Cl)c1. The van der Waals surface area contributed by atoms with Crippen molar-refractivity contribution in [2.75, 3.05) is 19.6 Å². The van der Waals surface area contributed by atoms with Crippen molar-refractivity contribution in [1.82, 2.24) is 16.0 Å². The number of benzene rings is 2. The summed E-state index contributed by atoms with van der Waals surface area (Å²) in [7, 11) is 0. The van der Waals surface area contributed by atoms with Crippen LogP contribution in [-0.2, 0) is 4.79 Å². The van der Waals surface area contributed by atoms with Crippen LogP contribution in [-0.4, -0.2) is 37.4 Å². The van der Waals surface area contributed by atoms with Crippen LogP contribution in [0.3, 0.4) is 0 Å². The molecular formula is C18H18ClN3O3. The molecule has 3 N–H and O–H groups in total. The molecule has 0 heterocycles. The molecule has 0 saturated carbocycles. The Hall–Kier alpha value is -2.86. The van der Waals surface area contributed by atoms with E-state index >= 15 is 0 Å². The Kier molecular flexibility index (Phi) is 6.98. The second-order valence-corrected chi connectivity index (χ2v) is 5.60. The van der Waals surface area contributed by atoms with Gasteiger partial charge in [-0.25, -0.2) is 0 Å². The normalized spacial score (nSPS) is 9.96. The third kappa shape index (κ3) is 6.27. The van der Waals surface area contributed by atoms with Gasteiger partial charge in [0.1, 0.15) is 0 Å². The smallest absolute Gasteiger partial charge is 0.251 e. The highest BCUT2D eigenvalue weighted by atomic mass is 35.5. The minimum atomic E-state index is -0.332. The molecule has 0 atom stereocenters. The fourth-order valence-corrected chi connectivity index (χ4v) is 2.21. The van der Waals surface area contributed by atoms with E-state index in [0.29, 0.717) is 16.1 Å². The fraction of sp³-hybridized carbons (Fsp3) is 0.167. The first kappa shape index (κ1) is 18.5. The number of hydrogen-bond acceptors (Lipinski definition) is 3. The van der Waals surface area contributed by atoms with Crippen LogP contribution in [0.2, 0.25) is 5.02 Å². The molecule has 0 aliphatic carbocycles. The minimum absolute atomic E-state index is 0.129.